The number of halogens is 4. The number of anilines is 1. The first-order valence-corrected chi connectivity index (χ1v) is 15.4. The Kier molecular flexibility index (Phi) is 7.72. The van der Waals surface area contributed by atoms with Crippen molar-refractivity contribution in [1.82, 2.24) is 20.0 Å². The Balaban J connectivity index is 1.60. The molecule has 0 radical (unpaired) electrons. The van der Waals surface area contributed by atoms with Crippen LogP contribution in [0.4, 0.5) is 22.7 Å². The minimum atomic E-state index is -5.40. The fraction of sp³-hybridized carbons (Fsp3) is 0.296. The number of hydrogen-bond acceptors (Lipinski definition) is 10. The Morgan fingerprint density at radius 3 is 2.50 bits per heavy atom. The summed E-state index contributed by atoms with van der Waals surface area (Å²) in [5.41, 5.74) is -0.528. The smallest absolute Gasteiger partial charge is 0.424 e. The van der Waals surface area contributed by atoms with Crippen molar-refractivity contribution >= 4 is 42.6 Å². The average molecular weight is 656 g/mol. The predicted molar refractivity (Wildman–Crippen MR) is 153 cm³/mol. The van der Waals surface area contributed by atoms with Gasteiger partial charge in [-0.25, -0.2) is 27.5 Å². The number of nitrogens with two attached hydrogens (primary N) is 1. The normalized spacial score (nSPS) is 18.0. The van der Waals surface area contributed by atoms with Gasteiger partial charge in [0.25, 0.3) is 5.91 Å². The van der Waals surface area contributed by atoms with E-state index >= 15 is 0 Å². The number of nitrogens with one attached hydrogen (secondary N) is 2. The molecule has 2 atom stereocenters. The third-order valence-electron chi connectivity index (χ3n) is 6.95. The molecule has 0 fully saturated rings. The molecule has 0 saturated carbocycles. The fourth-order valence-electron chi connectivity index (χ4n) is 4.84. The number of thiazole rings is 1. The molecule has 11 nitrogen and oxygen atoms in total. The molecule has 3 heterocycles. The summed E-state index contributed by atoms with van der Waals surface area (Å²) in [7, 11) is -2.57. The molecule has 0 unspecified atom stereocenters. The van der Waals surface area contributed by atoms with E-state index < -0.39 is 51.3 Å². The first-order chi connectivity index (χ1) is 20.4. The first-order valence-electron chi connectivity index (χ1n) is 12.7. The Morgan fingerprint density at radius 1 is 1.20 bits per heavy atom. The largest absolute Gasteiger partial charge is 0.495 e. The number of sulfonamides is 1. The van der Waals surface area contributed by atoms with Gasteiger partial charge in [-0.1, -0.05) is 11.3 Å². The van der Waals surface area contributed by atoms with E-state index in [0.29, 0.717) is 4.70 Å². The zero-order valence-electron chi connectivity index (χ0n) is 23.2. The first kappa shape index (κ1) is 31.4. The molecule has 234 valence electrons. The summed E-state index contributed by atoms with van der Waals surface area (Å²) in [5, 5.41) is 13.5. The molecular weight excluding hydrogens is 630 g/mol. The van der Waals surface area contributed by atoms with Gasteiger partial charge in [0.15, 0.2) is 10.9 Å². The van der Waals surface area contributed by atoms with Gasteiger partial charge < -0.3 is 25.6 Å². The van der Waals surface area contributed by atoms with Crippen molar-refractivity contribution in [3.8, 4) is 22.8 Å². The summed E-state index contributed by atoms with van der Waals surface area (Å²) >= 11 is 1.09. The molecule has 0 saturated heterocycles. The van der Waals surface area contributed by atoms with Crippen LogP contribution in [0, 0.1) is 5.82 Å². The molecule has 1 aliphatic rings. The number of aliphatic hydroxyl groups is 1. The van der Waals surface area contributed by atoms with Gasteiger partial charge in [0.2, 0.25) is 15.6 Å². The number of aromatic nitrogens is 2. The number of alkyl halides is 3. The number of carbonyl (C=O) groups is 1. The molecule has 5 rings (SSSR count). The van der Waals surface area contributed by atoms with Gasteiger partial charge in [-0.05, 0) is 49.4 Å². The van der Waals surface area contributed by atoms with Crippen LogP contribution in [0.1, 0.15) is 28.5 Å². The summed E-state index contributed by atoms with van der Waals surface area (Å²) in [6, 6.07) is 8.07. The van der Waals surface area contributed by atoms with Gasteiger partial charge in [0, 0.05) is 16.7 Å². The van der Waals surface area contributed by atoms with E-state index in [4.69, 9.17) is 15.2 Å². The molecular formula is C27H25F4N5O6S2. The van der Waals surface area contributed by atoms with Gasteiger partial charge in [-0.3, -0.25) is 4.79 Å². The second-order valence-corrected chi connectivity index (χ2v) is 13.1. The molecule has 2 aromatic heterocycles. The summed E-state index contributed by atoms with van der Waals surface area (Å²) in [6.45, 7) is -0.316. The van der Waals surface area contributed by atoms with Crippen LogP contribution in [0.5, 0.6) is 11.5 Å². The second kappa shape index (κ2) is 10.8. The number of nitrogen functional groups attached to an aromatic ring is 1. The highest BCUT2D eigenvalue weighted by Crippen LogP contribution is 2.47. The number of carbonyl (C=O) groups excluding carboxylic acids is 1. The zero-order valence-corrected chi connectivity index (χ0v) is 24.9. The molecule has 44 heavy (non-hydrogen) atoms. The monoisotopic (exact) mass is 655 g/mol. The molecule has 2 aromatic carbocycles. The standard InChI is InChI=1S/C27H25F4N5O6S2/c1-25(36-44(3,39)40)12-42-21-16(25)10-19(35-20(21)13-4-6-15(28)7-5-13)26(38,27(29,30)31)11-33-23(37)14-8-17-22(18(9-14)41-2)43-24(32)34-17/h4-10,36,38H,11-12H2,1-3H3,(H2,32,34)(H,33,37)/t25-,26-/m0/s1. The van der Waals surface area contributed by atoms with Crippen LogP contribution in [0.2, 0.25) is 0 Å². The molecule has 1 amide bonds. The lowest BCUT2D eigenvalue weighted by Crippen LogP contribution is -2.52. The molecule has 5 N–H and O–H groups in total. The lowest BCUT2D eigenvalue weighted by Gasteiger charge is -2.32. The lowest BCUT2D eigenvalue weighted by molar-refractivity contribution is -0.265. The van der Waals surface area contributed by atoms with E-state index in [1.807, 2.05) is 0 Å². The number of benzene rings is 2. The van der Waals surface area contributed by atoms with Gasteiger partial charge in [0.1, 0.15) is 23.9 Å². The van der Waals surface area contributed by atoms with Crippen LogP contribution in [0.15, 0.2) is 42.5 Å². The molecule has 0 bridgehead atoms. The van der Waals surface area contributed by atoms with Gasteiger partial charge in [-0.15, -0.1) is 0 Å². The minimum absolute atomic E-state index is 0.0578. The number of methoxy groups -OCH3 is 1. The average Bonchev–Trinajstić information content (AvgIpc) is 3.47. The van der Waals surface area contributed by atoms with Crippen molar-refractivity contribution in [2.24, 2.45) is 0 Å². The summed E-state index contributed by atoms with van der Waals surface area (Å²) in [6.07, 6.45) is -4.53. The summed E-state index contributed by atoms with van der Waals surface area (Å²) in [5.74, 6) is -1.47. The van der Waals surface area contributed by atoms with E-state index in [0.717, 1.165) is 35.8 Å². The van der Waals surface area contributed by atoms with Crippen LogP contribution in [-0.2, 0) is 21.2 Å². The highest BCUT2D eigenvalue weighted by molar-refractivity contribution is 7.88. The van der Waals surface area contributed by atoms with E-state index in [1.54, 1.807) is 0 Å². The van der Waals surface area contributed by atoms with E-state index in [2.05, 4.69) is 20.0 Å². The SMILES string of the molecule is COc1cc(C(=O)NC[C@](O)(c2cc3c(c(-c4ccc(F)cc4)n2)OC[C@]3(C)NS(C)(=O)=O)C(F)(F)F)cc2nc(N)sc12. The number of ether oxygens (including phenoxy) is 2. The number of rotatable bonds is 8. The molecule has 17 heteroatoms. The van der Waals surface area contributed by atoms with Crippen molar-refractivity contribution < 1.29 is 45.4 Å². The van der Waals surface area contributed by atoms with Gasteiger partial charge in [-0.2, -0.15) is 13.2 Å². The maximum absolute atomic E-state index is 14.7. The zero-order chi connectivity index (χ0) is 32.2. The Labute approximate surface area is 252 Å². The van der Waals surface area contributed by atoms with Gasteiger partial charge >= 0.3 is 6.18 Å². The number of fused-ring (bicyclic) bond motifs is 2. The van der Waals surface area contributed by atoms with Crippen LogP contribution >= 0.6 is 11.3 Å². The Bertz CT molecular complexity index is 1880. The molecule has 0 aliphatic carbocycles. The lowest BCUT2D eigenvalue weighted by atomic mass is 9.89. The summed E-state index contributed by atoms with van der Waals surface area (Å²) < 4.78 is 96.0. The van der Waals surface area contributed by atoms with Crippen molar-refractivity contribution in [3.63, 3.8) is 0 Å². The minimum Gasteiger partial charge on any atom is -0.495 e. The Morgan fingerprint density at radius 2 is 1.89 bits per heavy atom. The van der Waals surface area contributed by atoms with Crippen LogP contribution in [0.3, 0.4) is 0 Å². The van der Waals surface area contributed by atoms with E-state index in [1.165, 1.54) is 38.3 Å². The number of amides is 1. The van der Waals surface area contributed by atoms with Crippen molar-refractivity contribution in [2.45, 2.75) is 24.2 Å². The number of pyridine rings is 1. The van der Waals surface area contributed by atoms with Crippen LogP contribution < -0.4 is 25.2 Å². The highest BCUT2D eigenvalue weighted by atomic mass is 32.2. The maximum Gasteiger partial charge on any atom is 0.424 e. The van der Waals surface area contributed by atoms with E-state index in [-0.39, 0.29) is 51.1 Å². The predicted octanol–water partition coefficient (Wildman–Crippen LogP) is 3.42. The molecule has 1 aliphatic heterocycles. The quantitative estimate of drug-likeness (QED) is 0.208. The van der Waals surface area contributed by atoms with E-state index in [9.17, 15) is 35.9 Å². The number of hydrogen-bond donors (Lipinski definition) is 4. The second-order valence-electron chi connectivity index (χ2n) is 10.4. The van der Waals surface area contributed by atoms with Gasteiger partial charge in [0.05, 0.1) is 41.4 Å². The Hall–Kier alpha value is -4.06. The number of nitrogens with zero attached hydrogens (tertiary/aromatic N) is 2. The third-order valence-corrected chi connectivity index (χ3v) is 8.69. The topological polar surface area (TPSA) is 166 Å². The fourth-order valence-corrected chi connectivity index (χ4v) is 6.63. The summed E-state index contributed by atoms with van der Waals surface area (Å²) in [4.78, 5) is 21.2. The van der Waals surface area contributed by atoms with Crippen LogP contribution in [-0.4, -0.2) is 62.1 Å². The van der Waals surface area contributed by atoms with Crippen molar-refractivity contribution in [1.29, 1.82) is 0 Å². The van der Waals surface area contributed by atoms with Crippen LogP contribution in [0.25, 0.3) is 21.5 Å². The maximum atomic E-state index is 14.7. The molecule has 4 aromatic rings. The van der Waals surface area contributed by atoms with Crippen molar-refractivity contribution in [2.75, 3.05) is 32.3 Å². The third kappa shape index (κ3) is 5.74. The molecule has 0 spiro atoms. The van der Waals surface area contributed by atoms with Crippen molar-refractivity contribution in [3.05, 3.63) is 65.1 Å². The highest BCUT2D eigenvalue weighted by Gasteiger charge is 2.57.